The molecule has 0 saturated carbocycles. The summed E-state index contributed by atoms with van der Waals surface area (Å²) in [4.78, 5) is 14.0. The van der Waals surface area contributed by atoms with E-state index in [0.717, 1.165) is 18.2 Å². The topological polar surface area (TPSA) is 99.4 Å². The number of nitrogens with zero attached hydrogens (tertiary/aromatic N) is 2. The molecule has 3 rings (SSSR count). The highest BCUT2D eigenvalue weighted by Gasteiger charge is 2.25. The molecular weight excluding hydrogens is 516 g/mol. The lowest BCUT2D eigenvalue weighted by Crippen LogP contribution is -2.11. The first-order chi connectivity index (χ1) is 12.2. The molecule has 11 heteroatoms. The van der Waals surface area contributed by atoms with Gasteiger partial charge in [0.2, 0.25) is 0 Å². The Labute approximate surface area is 169 Å². The van der Waals surface area contributed by atoms with E-state index in [4.69, 9.17) is 15.8 Å². The molecule has 0 radical (unpaired) electrons. The van der Waals surface area contributed by atoms with Gasteiger partial charge in [0.25, 0.3) is 5.69 Å². The Bertz CT molecular complexity index is 1150. The van der Waals surface area contributed by atoms with Crippen LogP contribution in [0.2, 0.25) is 5.02 Å². The monoisotopic (exact) mass is 520 g/mol. The van der Waals surface area contributed by atoms with Crippen LogP contribution in [0.15, 0.2) is 56.4 Å². The zero-order valence-electron chi connectivity index (χ0n) is 12.5. The van der Waals surface area contributed by atoms with Crippen LogP contribution in [-0.2, 0) is 10.1 Å². The molecule has 0 N–H and O–H groups in total. The molecule has 3 aromatic rings. The normalized spacial score (nSPS) is 11.5. The van der Waals surface area contributed by atoms with E-state index < -0.39 is 25.6 Å². The van der Waals surface area contributed by atoms with Gasteiger partial charge in [0, 0.05) is 22.1 Å². The Kier molecular flexibility index (Phi) is 5.20. The number of benzene rings is 2. The highest BCUT2D eigenvalue weighted by molar-refractivity contribution is 9.11. The summed E-state index contributed by atoms with van der Waals surface area (Å²) in [5.41, 5.74) is -0.227. The zero-order valence-corrected chi connectivity index (χ0v) is 17.3. The minimum atomic E-state index is -4.36. The van der Waals surface area contributed by atoms with Crippen LogP contribution in [-0.4, -0.2) is 18.3 Å². The molecule has 134 valence electrons. The first kappa shape index (κ1) is 19.0. The predicted octanol–water partition coefficient (Wildman–Crippen LogP) is 5.09. The fourth-order valence-electron chi connectivity index (χ4n) is 2.17. The lowest BCUT2D eigenvalue weighted by Gasteiger charge is -2.12. The van der Waals surface area contributed by atoms with E-state index in [1.54, 1.807) is 18.2 Å². The number of pyridine rings is 1. The van der Waals surface area contributed by atoms with Crippen molar-refractivity contribution in [1.82, 2.24) is 4.98 Å². The summed E-state index contributed by atoms with van der Waals surface area (Å²) in [5, 5.41) is 11.5. The van der Waals surface area contributed by atoms with Crippen molar-refractivity contribution in [1.29, 1.82) is 0 Å². The van der Waals surface area contributed by atoms with Gasteiger partial charge in [-0.1, -0.05) is 33.6 Å². The number of aromatic nitrogens is 1. The van der Waals surface area contributed by atoms with Crippen LogP contribution in [0.4, 0.5) is 5.69 Å². The summed E-state index contributed by atoms with van der Waals surface area (Å²) < 4.78 is 31.5. The molecule has 26 heavy (non-hydrogen) atoms. The first-order valence-corrected chi connectivity index (χ1v) is 10.2. The zero-order chi connectivity index (χ0) is 19.1. The number of rotatable bonds is 4. The van der Waals surface area contributed by atoms with E-state index >= 15 is 0 Å². The highest BCUT2D eigenvalue weighted by Crippen LogP contribution is 2.39. The molecule has 1 heterocycles. The summed E-state index contributed by atoms with van der Waals surface area (Å²) >= 11 is 12.4. The van der Waals surface area contributed by atoms with Crippen molar-refractivity contribution in [2.45, 2.75) is 4.90 Å². The average Bonchev–Trinajstić information content (AvgIpc) is 2.58. The number of hydrogen-bond donors (Lipinski definition) is 0. The first-order valence-electron chi connectivity index (χ1n) is 6.82. The fraction of sp³-hybridized carbons (Fsp3) is 0. The Morgan fingerprint density at radius 1 is 1.15 bits per heavy atom. The van der Waals surface area contributed by atoms with Crippen molar-refractivity contribution in [3.63, 3.8) is 0 Å². The quantitative estimate of drug-likeness (QED) is 0.269. The number of fused-ring (bicyclic) bond motifs is 1. The standard InChI is InChI=1S/C15H7Br2ClN2O5S/c16-10-7-11(17)15(14-9(10)2-1-5-19-14)25-26(23,24)8-3-4-12(18)13(6-8)20(21)22/h1-7H. The Hall–Kier alpha value is -1.75. The van der Waals surface area contributed by atoms with Crippen LogP contribution in [0.25, 0.3) is 10.9 Å². The molecule has 1 aromatic heterocycles. The molecule has 0 unspecified atom stereocenters. The molecule has 2 aromatic carbocycles. The van der Waals surface area contributed by atoms with Gasteiger partial charge in [-0.05, 0) is 40.2 Å². The van der Waals surface area contributed by atoms with Crippen molar-refractivity contribution in [2.24, 2.45) is 0 Å². The van der Waals surface area contributed by atoms with Gasteiger partial charge >= 0.3 is 10.1 Å². The Balaban J connectivity index is 2.13. The van der Waals surface area contributed by atoms with Crippen LogP contribution in [0.1, 0.15) is 0 Å². The van der Waals surface area contributed by atoms with E-state index in [-0.39, 0.29) is 10.8 Å². The maximum absolute atomic E-state index is 12.6. The van der Waals surface area contributed by atoms with Crippen molar-refractivity contribution in [3.8, 4) is 5.75 Å². The minimum absolute atomic E-state index is 0.0265. The average molecular weight is 523 g/mol. The smallest absolute Gasteiger partial charge is 0.339 e. The molecule has 0 aliphatic carbocycles. The molecular formula is C15H7Br2ClN2O5S. The van der Waals surface area contributed by atoms with Gasteiger partial charge in [-0.25, -0.2) is 0 Å². The van der Waals surface area contributed by atoms with Crippen molar-refractivity contribution < 1.29 is 17.5 Å². The van der Waals surface area contributed by atoms with Gasteiger partial charge in [-0.2, -0.15) is 8.42 Å². The lowest BCUT2D eigenvalue weighted by molar-refractivity contribution is -0.384. The van der Waals surface area contributed by atoms with Gasteiger partial charge in [0.05, 0.1) is 9.40 Å². The second kappa shape index (κ2) is 7.10. The number of hydrogen-bond acceptors (Lipinski definition) is 6. The van der Waals surface area contributed by atoms with Gasteiger partial charge in [-0.3, -0.25) is 15.1 Å². The molecule has 0 aliphatic rings. The van der Waals surface area contributed by atoms with Gasteiger partial charge in [0.1, 0.15) is 15.4 Å². The maximum atomic E-state index is 12.6. The second-order valence-electron chi connectivity index (χ2n) is 4.98. The number of halogens is 3. The molecule has 0 atom stereocenters. The third-order valence-corrected chi connectivity index (χ3v) is 6.13. The third-order valence-electron chi connectivity index (χ3n) is 3.35. The largest absolute Gasteiger partial charge is 0.375 e. The SMILES string of the molecule is O=[N+]([O-])c1cc(S(=O)(=O)Oc2c(Br)cc(Br)c3cccnc23)ccc1Cl. The summed E-state index contributed by atoms with van der Waals surface area (Å²) in [5.74, 6) is -0.0265. The third kappa shape index (κ3) is 3.54. The summed E-state index contributed by atoms with van der Waals surface area (Å²) in [6.45, 7) is 0. The van der Waals surface area contributed by atoms with Crippen LogP contribution in [0, 0.1) is 10.1 Å². The van der Waals surface area contributed by atoms with Gasteiger partial charge < -0.3 is 4.18 Å². The summed E-state index contributed by atoms with van der Waals surface area (Å²) in [6, 6.07) is 8.17. The van der Waals surface area contributed by atoms with E-state index in [1.807, 2.05) is 0 Å². The fourth-order valence-corrected chi connectivity index (χ4v) is 4.79. The summed E-state index contributed by atoms with van der Waals surface area (Å²) in [7, 11) is -4.36. The molecule has 0 saturated heterocycles. The Morgan fingerprint density at radius 3 is 2.58 bits per heavy atom. The van der Waals surface area contributed by atoms with Gasteiger partial charge in [0.15, 0.2) is 5.75 Å². The predicted molar refractivity (Wildman–Crippen MR) is 103 cm³/mol. The van der Waals surface area contributed by atoms with Crippen LogP contribution in [0.3, 0.4) is 0 Å². The molecule has 0 fully saturated rings. The Morgan fingerprint density at radius 2 is 1.88 bits per heavy atom. The highest BCUT2D eigenvalue weighted by atomic mass is 79.9. The van der Waals surface area contributed by atoms with Crippen LogP contribution >= 0.6 is 43.5 Å². The van der Waals surface area contributed by atoms with E-state index in [9.17, 15) is 18.5 Å². The number of nitro benzene ring substituents is 1. The molecule has 0 amide bonds. The van der Waals surface area contributed by atoms with E-state index in [2.05, 4.69) is 36.8 Å². The van der Waals surface area contributed by atoms with E-state index in [0.29, 0.717) is 19.8 Å². The number of nitro groups is 1. The van der Waals surface area contributed by atoms with Crippen molar-refractivity contribution in [2.75, 3.05) is 0 Å². The van der Waals surface area contributed by atoms with Crippen LogP contribution < -0.4 is 4.18 Å². The van der Waals surface area contributed by atoms with Crippen molar-refractivity contribution >= 4 is 70.2 Å². The molecule has 7 nitrogen and oxygen atoms in total. The molecule has 0 bridgehead atoms. The van der Waals surface area contributed by atoms with Crippen LogP contribution in [0.5, 0.6) is 5.75 Å². The molecule has 0 spiro atoms. The summed E-state index contributed by atoms with van der Waals surface area (Å²) in [6.07, 6.45) is 1.49. The maximum Gasteiger partial charge on any atom is 0.339 e. The van der Waals surface area contributed by atoms with E-state index in [1.165, 1.54) is 6.20 Å². The lowest BCUT2D eigenvalue weighted by atomic mass is 10.2. The minimum Gasteiger partial charge on any atom is -0.375 e. The second-order valence-corrected chi connectivity index (χ2v) is 8.64. The van der Waals surface area contributed by atoms with Gasteiger partial charge in [-0.15, -0.1) is 0 Å². The molecule has 0 aliphatic heterocycles. The van der Waals surface area contributed by atoms with Crippen molar-refractivity contribution in [3.05, 3.63) is 66.7 Å².